The average Bonchev–Trinajstić information content (AvgIpc) is 2.27. The third kappa shape index (κ3) is 2.86. The molecule has 0 saturated carbocycles. The zero-order valence-electron chi connectivity index (χ0n) is 7.97. The van der Waals surface area contributed by atoms with E-state index in [1.807, 2.05) is 36.4 Å². The Morgan fingerprint density at radius 1 is 1.07 bits per heavy atom. The molecule has 0 heterocycles. The van der Waals surface area contributed by atoms with Crippen LogP contribution in [0.1, 0.15) is 5.56 Å². The average molecular weight is 204 g/mol. The van der Waals surface area contributed by atoms with Gasteiger partial charge in [0.25, 0.3) is 0 Å². The Bertz CT molecular complexity index is 378. The first kappa shape index (κ1) is 10.7. The molecule has 2 heteroatoms. The van der Waals surface area contributed by atoms with Gasteiger partial charge in [0, 0.05) is 0 Å². The summed E-state index contributed by atoms with van der Waals surface area (Å²) in [5.74, 6) is 4.54. The third-order valence-electron chi connectivity index (χ3n) is 1.87. The molecule has 0 N–H and O–H groups in total. The van der Waals surface area contributed by atoms with Crippen molar-refractivity contribution in [2.24, 2.45) is 0 Å². The molecule has 14 heavy (non-hydrogen) atoms. The third-order valence-corrected chi connectivity index (χ3v) is 3.63. The lowest BCUT2D eigenvalue weighted by atomic mass is 10.2. The van der Waals surface area contributed by atoms with Gasteiger partial charge in [0.1, 0.15) is 7.14 Å². The molecule has 0 spiro atoms. The van der Waals surface area contributed by atoms with Crippen molar-refractivity contribution >= 4 is 13.2 Å². The van der Waals surface area contributed by atoms with Crippen LogP contribution in [0.4, 0.5) is 0 Å². The minimum Gasteiger partial charge on any atom is -0.311 e. The lowest BCUT2D eigenvalue weighted by molar-refractivity contribution is 0.591. The van der Waals surface area contributed by atoms with Crippen molar-refractivity contribution in [1.82, 2.24) is 0 Å². The largest absolute Gasteiger partial charge is 0.311 e. The van der Waals surface area contributed by atoms with Gasteiger partial charge in [-0.2, -0.15) is 0 Å². The monoisotopic (exact) mass is 204 g/mol. The van der Waals surface area contributed by atoms with Crippen LogP contribution in [-0.4, -0.2) is 0 Å². The maximum Gasteiger partial charge on any atom is 0.149 e. The molecule has 0 amide bonds. The summed E-state index contributed by atoms with van der Waals surface area (Å²) in [6, 6.07) is 9.72. The topological polar surface area (TPSA) is 17.1 Å². The molecule has 0 aliphatic rings. The van der Waals surface area contributed by atoms with Gasteiger partial charge in [-0.3, -0.25) is 0 Å². The minimum absolute atomic E-state index is 1.02. The first-order valence-corrected chi connectivity index (χ1v) is 6.22. The van der Waals surface area contributed by atoms with Gasteiger partial charge in [-0.25, -0.2) is 0 Å². The van der Waals surface area contributed by atoms with Crippen LogP contribution in [0.15, 0.2) is 60.9 Å². The number of rotatable bonds is 4. The summed E-state index contributed by atoms with van der Waals surface area (Å²) in [6.07, 6.45) is 1.82. The SMILES string of the molecule is C=CP(=O)(C=C)/C=C/c1ccccc1. The molecule has 0 aromatic heterocycles. The van der Waals surface area contributed by atoms with E-state index in [4.69, 9.17) is 0 Å². The van der Waals surface area contributed by atoms with E-state index in [1.54, 1.807) is 5.82 Å². The van der Waals surface area contributed by atoms with Crippen LogP contribution in [0.3, 0.4) is 0 Å². The normalized spacial score (nSPS) is 11.4. The summed E-state index contributed by atoms with van der Waals surface area (Å²) < 4.78 is 11.8. The van der Waals surface area contributed by atoms with Crippen LogP contribution in [0, 0.1) is 0 Å². The van der Waals surface area contributed by atoms with Crippen molar-refractivity contribution in [2.75, 3.05) is 0 Å². The lowest BCUT2D eigenvalue weighted by Crippen LogP contribution is -1.69. The van der Waals surface area contributed by atoms with Gasteiger partial charge in [-0.05, 0) is 23.0 Å². The zero-order valence-corrected chi connectivity index (χ0v) is 8.86. The molecule has 0 fully saturated rings. The highest BCUT2D eigenvalue weighted by Crippen LogP contribution is 2.49. The van der Waals surface area contributed by atoms with E-state index in [-0.39, 0.29) is 0 Å². The maximum atomic E-state index is 11.8. The van der Waals surface area contributed by atoms with Crippen LogP contribution in [-0.2, 0) is 4.57 Å². The number of benzene rings is 1. The maximum absolute atomic E-state index is 11.8. The fourth-order valence-corrected chi connectivity index (χ4v) is 1.76. The Hall–Kier alpha value is -1.33. The molecular weight excluding hydrogens is 191 g/mol. The Morgan fingerprint density at radius 2 is 1.64 bits per heavy atom. The van der Waals surface area contributed by atoms with Crippen molar-refractivity contribution in [3.05, 3.63) is 66.5 Å². The molecular formula is C12H13OP. The van der Waals surface area contributed by atoms with Gasteiger partial charge in [0.2, 0.25) is 0 Å². The second-order valence-electron chi connectivity index (χ2n) is 2.86. The molecule has 1 aromatic carbocycles. The summed E-state index contributed by atoms with van der Waals surface area (Å²) in [6.45, 7) is 7.06. The van der Waals surface area contributed by atoms with Crippen molar-refractivity contribution in [3.63, 3.8) is 0 Å². The van der Waals surface area contributed by atoms with E-state index in [0.717, 1.165) is 5.56 Å². The Morgan fingerprint density at radius 3 is 2.14 bits per heavy atom. The molecule has 0 bridgehead atoms. The Labute approximate surface area is 84.8 Å². The quantitative estimate of drug-likeness (QED) is 0.668. The Balaban J connectivity index is 2.88. The van der Waals surface area contributed by atoms with Crippen molar-refractivity contribution in [3.8, 4) is 0 Å². The number of hydrogen-bond acceptors (Lipinski definition) is 1. The number of hydrogen-bond donors (Lipinski definition) is 0. The minimum atomic E-state index is -2.50. The van der Waals surface area contributed by atoms with E-state index >= 15 is 0 Å². The van der Waals surface area contributed by atoms with Crippen LogP contribution >= 0.6 is 7.14 Å². The second-order valence-corrected chi connectivity index (χ2v) is 5.41. The zero-order chi connectivity index (χ0) is 10.4. The van der Waals surface area contributed by atoms with Crippen molar-refractivity contribution in [2.45, 2.75) is 0 Å². The molecule has 0 aliphatic heterocycles. The van der Waals surface area contributed by atoms with Crippen molar-refractivity contribution in [1.29, 1.82) is 0 Å². The molecule has 0 saturated heterocycles. The van der Waals surface area contributed by atoms with E-state index in [2.05, 4.69) is 13.2 Å². The highest BCUT2D eigenvalue weighted by molar-refractivity contribution is 7.73. The highest BCUT2D eigenvalue weighted by atomic mass is 31.2. The molecule has 1 nitrogen and oxygen atoms in total. The van der Waals surface area contributed by atoms with Gasteiger partial charge < -0.3 is 4.57 Å². The van der Waals surface area contributed by atoms with Crippen LogP contribution in [0.5, 0.6) is 0 Å². The van der Waals surface area contributed by atoms with E-state index in [9.17, 15) is 4.57 Å². The molecule has 0 atom stereocenters. The van der Waals surface area contributed by atoms with Gasteiger partial charge in [0.05, 0.1) is 0 Å². The summed E-state index contributed by atoms with van der Waals surface area (Å²) in [5, 5.41) is 0. The molecule has 1 rings (SSSR count). The second kappa shape index (κ2) is 4.78. The smallest absolute Gasteiger partial charge is 0.149 e. The fourth-order valence-electron chi connectivity index (χ4n) is 0.963. The first-order valence-electron chi connectivity index (χ1n) is 4.31. The summed E-state index contributed by atoms with van der Waals surface area (Å²) in [7, 11) is -2.50. The van der Waals surface area contributed by atoms with E-state index in [1.165, 1.54) is 11.6 Å². The lowest BCUT2D eigenvalue weighted by Gasteiger charge is -2.00. The molecule has 0 unspecified atom stereocenters. The predicted molar refractivity (Wildman–Crippen MR) is 63.5 cm³/mol. The molecule has 1 aromatic rings. The summed E-state index contributed by atoms with van der Waals surface area (Å²) in [4.78, 5) is 0. The summed E-state index contributed by atoms with van der Waals surface area (Å²) in [5.41, 5.74) is 1.02. The molecule has 72 valence electrons. The fraction of sp³-hybridized carbons (Fsp3) is 0. The van der Waals surface area contributed by atoms with Gasteiger partial charge in [0.15, 0.2) is 0 Å². The molecule has 0 aliphatic carbocycles. The van der Waals surface area contributed by atoms with Gasteiger partial charge >= 0.3 is 0 Å². The highest BCUT2D eigenvalue weighted by Gasteiger charge is 2.05. The molecule has 0 radical (unpaired) electrons. The van der Waals surface area contributed by atoms with Crippen LogP contribution in [0.2, 0.25) is 0 Å². The van der Waals surface area contributed by atoms with Crippen LogP contribution in [0.25, 0.3) is 6.08 Å². The van der Waals surface area contributed by atoms with Gasteiger partial charge in [-0.1, -0.05) is 49.6 Å². The van der Waals surface area contributed by atoms with E-state index in [0.29, 0.717) is 0 Å². The predicted octanol–water partition coefficient (Wildman–Crippen LogP) is 4.31. The standard InChI is InChI=1S/C12H13OP/c1-3-14(13,4-2)11-10-12-8-6-5-7-9-12/h3-11H,1-2H2/b11-10+. The first-order chi connectivity index (χ1) is 6.70. The van der Waals surface area contributed by atoms with Crippen LogP contribution < -0.4 is 0 Å². The Kier molecular flexibility index (Phi) is 3.67. The van der Waals surface area contributed by atoms with Crippen molar-refractivity contribution < 1.29 is 4.57 Å². The van der Waals surface area contributed by atoms with E-state index < -0.39 is 7.14 Å². The summed E-state index contributed by atoms with van der Waals surface area (Å²) >= 11 is 0. The van der Waals surface area contributed by atoms with Gasteiger partial charge in [-0.15, -0.1) is 0 Å².